The van der Waals surface area contributed by atoms with Crippen LogP contribution in [0.4, 0.5) is 4.79 Å². The Bertz CT molecular complexity index is 617. The van der Waals surface area contributed by atoms with E-state index in [1.165, 1.54) is 0 Å². The second kappa shape index (κ2) is 6.26. The molecule has 0 radical (unpaired) electrons. The normalized spacial score (nSPS) is 11.2. The van der Waals surface area contributed by atoms with Crippen LogP contribution < -0.4 is 5.32 Å². The van der Waals surface area contributed by atoms with Gasteiger partial charge in [-0.1, -0.05) is 0 Å². The summed E-state index contributed by atoms with van der Waals surface area (Å²) in [4.78, 5) is 20.1. The van der Waals surface area contributed by atoms with E-state index in [0.29, 0.717) is 6.54 Å². The number of alkyl carbamates (subject to hydrolysis) is 1. The smallest absolute Gasteiger partial charge is 0.407 e. The fraction of sp³-hybridized carbons (Fsp3) is 0.357. The average molecular weight is 353 g/mol. The quantitative estimate of drug-likeness (QED) is 0.921. The maximum atomic E-state index is 11.7. The lowest BCUT2D eigenvalue weighted by Gasteiger charge is -2.19. The van der Waals surface area contributed by atoms with E-state index in [9.17, 15) is 4.79 Å². The van der Waals surface area contributed by atoms with Crippen molar-refractivity contribution in [3.8, 4) is 5.82 Å². The number of pyridine rings is 1. The number of hydrogen-bond acceptors (Lipinski definition) is 4. The number of amides is 1. The predicted molar refractivity (Wildman–Crippen MR) is 82.1 cm³/mol. The molecule has 1 amide bonds. The number of rotatable bonds is 3. The lowest BCUT2D eigenvalue weighted by atomic mass is 10.2. The van der Waals surface area contributed by atoms with Crippen LogP contribution in [0.1, 0.15) is 26.5 Å². The van der Waals surface area contributed by atoms with Crippen molar-refractivity contribution in [2.45, 2.75) is 32.9 Å². The molecule has 1 N–H and O–H groups in total. The van der Waals surface area contributed by atoms with E-state index in [1.54, 1.807) is 18.7 Å². The van der Waals surface area contributed by atoms with E-state index >= 15 is 0 Å². The number of imidazole rings is 1. The third kappa shape index (κ3) is 4.56. The Kier molecular flexibility index (Phi) is 4.62. The van der Waals surface area contributed by atoms with Gasteiger partial charge in [0.15, 0.2) is 0 Å². The number of nitrogens with zero attached hydrogens (tertiary/aromatic N) is 3. The Morgan fingerprint density at radius 3 is 2.76 bits per heavy atom. The highest BCUT2D eigenvalue weighted by atomic mass is 79.9. The monoisotopic (exact) mass is 352 g/mol. The molecule has 0 spiro atoms. The summed E-state index contributed by atoms with van der Waals surface area (Å²) in [7, 11) is 0. The zero-order chi connectivity index (χ0) is 15.5. The number of hydrogen-bond donors (Lipinski definition) is 1. The van der Waals surface area contributed by atoms with E-state index in [0.717, 1.165) is 16.0 Å². The minimum absolute atomic E-state index is 0.312. The molecule has 2 aromatic rings. The van der Waals surface area contributed by atoms with Crippen LogP contribution >= 0.6 is 15.9 Å². The van der Waals surface area contributed by atoms with Crippen LogP contribution in [-0.4, -0.2) is 26.2 Å². The molecule has 2 aromatic heterocycles. The first-order valence-electron chi connectivity index (χ1n) is 6.45. The molecule has 0 aromatic carbocycles. The van der Waals surface area contributed by atoms with E-state index < -0.39 is 11.7 Å². The number of ether oxygens (including phenoxy) is 1. The third-order valence-corrected chi connectivity index (χ3v) is 2.96. The molecule has 0 atom stereocenters. The highest BCUT2D eigenvalue weighted by Gasteiger charge is 2.16. The Hall–Kier alpha value is -1.89. The average Bonchev–Trinajstić information content (AvgIpc) is 2.83. The minimum atomic E-state index is -0.516. The molecule has 7 heteroatoms. The summed E-state index contributed by atoms with van der Waals surface area (Å²) >= 11 is 3.34. The molecule has 0 fully saturated rings. The van der Waals surface area contributed by atoms with Crippen molar-refractivity contribution in [1.29, 1.82) is 0 Å². The molecule has 0 aliphatic rings. The second-order valence-electron chi connectivity index (χ2n) is 5.45. The van der Waals surface area contributed by atoms with Gasteiger partial charge in [0.1, 0.15) is 17.7 Å². The van der Waals surface area contributed by atoms with Crippen LogP contribution in [0.2, 0.25) is 0 Å². The van der Waals surface area contributed by atoms with Crippen molar-refractivity contribution in [3.63, 3.8) is 0 Å². The maximum Gasteiger partial charge on any atom is 0.407 e. The van der Waals surface area contributed by atoms with Gasteiger partial charge in [0.05, 0.1) is 18.4 Å². The van der Waals surface area contributed by atoms with Crippen molar-refractivity contribution < 1.29 is 9.53 Å². The van der Waals surface area contributed by atoms with Gasteiger partial charge in [-0.05, 0) is 48.8 Å². The minimum Gasteiger partial charge on any atom is -0.444 e. The Morgan fingerprint density at radius 1 is 1.38 bits per heavy atom. The van der Waals surface area contributed by atoms with Crippen LogP contribution in [-0.2, 0) is 11.3 Å². The summed E-state index contributed by atoms with van der Waals surface area (Å²) in [5.41, 5.74) is 0.299. The number of nitrogens with one attached hydrogen (secondary N) is 1. The van der Waals surface area contributed by atoms with Crippen LogP contribution in [0.5, 0.6) is 0 Å². The van der Waals surface area contributed by atoms with Crippen LogP contribution in [0.15, 0.2) is 35.3 Å². The summed E-state index contributed by atoms with van der Waals surface area (Å²) in [5.74, 6) is 0.733. The lowest BCUT2D eigenvalue weighted by Crippen LogP contribution is -2.32. The molecule has 0 bridgehead atoms. The molecule has 0 saturated heterocycles. The lowest BCUT2D eigenvalue weighted by molar-refractivity contribution is 0.0522. The van der Waals surface area contributed by atoms with Crippen molar-refractivity contribution in [2.75, 3.05) is 0 Å². The summed E-state index contributed by atoms with van der Waals surface area (Å²) in [6.07, 6.45) is 4.59. The molecule has 21 heavy (non-hydrogen) atoms. The highest BCUT2D eigenvalue weighted by Crippen LogP contribution is 2.13. The standard InChI is InChI=1S/C14H17BrN4O2/c1-14(2,3)21-13(20)18-8-11-7-16-9-19(11)12-5-4-10(15)6-17-12/h4-7,9H,8H2,1-3H3,(H,18,20). The first kappa shape index (κ1) is 15.5. The van der Waals surface area contributed by atoms with E-state index in [1.807, 2.05) is 37.5 Å². The van der Waals surface area contributed by atoms with Gasteiger partial charge in [0.2, 0.25) is 0 Å². The molecule has 112 valence electrons. The summed E-state index contributed by atoms with van der Waals surface area (Å²) < 4.78 is 7.91. The Balaban J connectivity index is 2.04. The van der Waals surface area contributed by atoms with Gasteiger partial charge in [0, 0.05) is 10.7 Å². The SMILES string of the molecule is CC(C)(C)OC(=O)NCc1cncn1-c1ccc(Br)cn1. The third-order valence-electron chi connectivity index (χ3n) is 2.49. The Morgan fingerprint density at radius 2 is 2.14 bits per heavy atom. The van der Waals surface area contributed by atoms with E-state index in [2.05, 4.69) is 31.2 Å². The number of carbonyl (C=O) groups excluding carboxylic acids is 1. The fourth-order valence-electron chi connectivity index (χ4n) is 1.65. The van der Waals surface area contributed by atoms with Crippen LogP contribution in [0.3, 0.4) is 0 Å². The van der Waals surface area contributed by atoms with Gasteiger partial charge in [-0.3, -0.25) is 4.57 Å². The topological polar surface area (TPSA) is 69.0 Å². The molecular weight excluding hydrogens is 336 g/mol. The van der Waals surface area contributed by atoms with Gasteiger partial charge >= 0.3 is 6.09 Å². The largest absolute Gasteiger partial charge is 0.444 e. The first-order chi connectivity index (χ1) is 9.85. The molecule has 2 heterocycles. The van der Waals surface area contributed by atoms with E-state index in [-0.39, 0.29) is 0 Å². The Labute approximate surface area is 131 Å². The van der Waals surface area contributed by atoms with Crippen molar-refractivity contribution in [1.82, 2.24) is 19.9 Å². The zero-order valence-electron chi connectivity index (χ0n) is 12.1. The number of carbonyl (C=O) groups is 1. The molecule has 6 nitrogen and oxygen atoms in total. The molecule has 0 aliphatic carbocycles. The highest BCUT2D eigenvalue weighted by molar-refractivity contribution is 9.10. The van der Waals surface area contributed by atoms with Crippen molar-refractivity contribution >= 4 is 22.0 Å². The first-order valence-corrected chi connectivity index (χ1v) is 7.24. The van der Waals surface area contributed by atoms with Crippen LogP contribution in [0.25, 0.3) is 5.82 Å². The van der Waals surface area contributed by atoms with Gasteiger partial charge in [-0.25, -0.2) is 14.8 Å². The fourth-order valence-corrected chi connectivity index (χ4v) is 1.88. The summed E-state index contributed by atoms with van der Waals surface area (Å²) in [6, 6.07) is 3.76. The molecule has 0 unspecified atom stereocenters. The van der Waals surface area contributed by atoms with Crippen molar-refractivity contribution in [3.05, 3.63) is 41.0 Å². The summed E-state index contributed by atoms with van der Waals surface area (Å²) in [5, 5.41) is 2.70. The van der Waals surface area contributed by atoms with Crippen molar-refractivity contribution in [2.24, 2.45) is 0 Å². The number of aromatic nitrogens is 3. The molecule has 2 rings (SSSR count). The maximum absolute atomic E-state index is 11.7. The zero-order valence-corrected chi connectivity index (χ0v) is 13.7. The second-order valence-corrected chi connectivity index (χ2v) is 6.36. The van der Waals surface area contributed by atoms with Gasteiger partial charge in [0.25, 0.3) is 0 Å². The molecular formula is C14H17BrN4O2. The van der Waals surface area contributed by atoms with Gasteiger partial charge in [-0.2, -0.15) is 0 Å². The molecule has 0 aliphatic heterocycles. The van der Waals surface area contributed by atoms with Gasteiger partial charge < -0.3 is 10.1 Å². The van der Waals surface area contributed by atoms with Crippen LogP contribution in [0, 0.1) is 0 Å². The number of halogens is 1. The van der Waals surface area contributed by atoms with E-state index in [4.69, 9.17) is 4.74 Å². The summed E-state index contributed by atoms with van der Waals surface area (Å²) in [6.45, 7) is 5.78. The van der Waals surface area contributed by atoms with Gasteiger partial charge in [-0.15, -0.1) is 0 Å². The molecule has 0 saturated carbocycles. The predicted octanol–water partition coefficient (Wildman–Crippen LogP) is 3.05.